The number of likely N-dealkylation sites (tertiary alicyclic amines) is 1. The second-order valence-corrected chi connectivity index (χ2v) is 4.98. The first kappa shape index (κ1) is 12.0. The molecule has 1 aromatic carbocycles. The van der Waals surface area contributed by atoms with Gasteiger partial charge in [0.25, 0.3) is 0 Å². The number of rotatable bonds is 2. The largest absolute Gasteiger partial charge is 0.397 e. The molecule has 2 rings (SSSR count). The van der Waals surface area contributed by atoms with Crippen LogP contribution in [0, 0.1) is 0 Å². The minimum atomic E-state index is 0.566. The molecule has 1 saturated heterocycles. The van der Waals surface area contributed by atoms with E-state index in [9.17, 15) is 0 Å². The van der Waals surface area contributed by atoms with Gasteiger partial charge in [-0.05, 0) is 44.6 Å². The van der Waals surface area contributed by atoms with Gasteiger partial charge in [0.05, 0.1) is 11.4 Å². The van der Waals surface area contributed by atoms with E-state index in [2.05, 4.69) is 23.9 Å². The molecule has 1 fully saturated rings. The first-order valence-corrected chi connectivity index (χ1v) is 6.14. The fraction of sp³-hybridized carbons (Fsp3) is 0.538. The molecule has 94 valence electrons. The van der Waals surface area contributed by atoms with Crippen LogP contribution >= 0.6 is 0 Å². The van der Waals surface area contributed by atoms with E-state index in [4.69, 9.17) is 11.5 Å². The van der Waals surface area contributed by atoms with Crippen molar-refractivity contribution in [2.24, 2.45) is 0 Å². The molecule has 0 bridgehead atoms. The fourth-order valence-electron chi connectivity index (χ4n) is 2.45. The third kappa shape index (κ3) is 2.64. The highest BCUT2D eigenvalue weighted by molar-refractivity contribution is 5.69. The van der Waals surface area contributed by atoms with E-state index >= 15 is 0 Å². The number of benzene rings is 1. The summed E-state index contributed by atoms with van der Waals surface area (Å²) in [6, 6.07) is 6.45. The van der Waals surface area contributed by atoms with Crippen molar-refractivity contribution >= 4 is 17.1 Å². The molecule has 4 heteroatoms. The van der Waals surface area contributed by atoms with Crippen molar-refractivity contribution in [1.82, 2.24) is 4.90 Å². The lowest BCUT2D eigenvalue weighted by molar-refractivity contribution is 0.248. The fourth-order valence-corrected chi connectivity index (χ4v) is 2.45. The molecular formula is C13H22N4. The zero-order chi connectivity index (χ0) is 12.4. The monoisotopic (exact) mass is 234 g/mol. The van der Waals surface area contributed by atoms with Crippen LogP contribution in [0.1, 0.15) is 12.8 Å². The van der Waals surface area contributed by atoms with E-state index in [0.717, 1.165) is 12.2 Å². The molecule has 1 aromatic rings. The van der Waals surface area contributed by atoms with Crippen molar-refractivity contribution in [3.8, 4) is 0 Å². The Balaban J connectivity index is 2.12. The summed E-state index contributed by atoms with van der Waals surface area (Å²) in [6.07, 6.45) is 2.50. The van der Waals surface area contributed by atoms with Gasteiger partial charge >= 0.3 is 0 Å². The Labute approximate surface area is 103 Å². The van der Waals surface area contributed by atoms with Crippen LogP contribution in [0.15, 0.2) is 18.2 Å². The van der Waals surface area contributed by atoms with Gasteiger partial charge in [-0.15, -0.1) is 0 Å². The Morgan fingerprint density at radius 1 is 1.29 bits per heavy atom. The van der Waals surface area contributed by atoms with Crippen LogP contribution in [0.2, 0.25) is 0 Å². The topological polar surface area (TPSA) is 58.5 Å². The summed E-state index contributed by atoms with van der Waals surface area (Å²) >= 11 is 0. The highest BCUT2D eigenvalue weighted by atomic mass is 15.2. The van der Waals surface area contributed by atoms with Crippen LogP contribution in [-0.4, -0.2) is 38.1 Å². The molecule has 0 spiro atoms. The van der Waals surface area contributed by atoms with Crippen LogP contribution in [0.5, 0.6) is 0 Å². The first-order valence-electron chi connectivity index (χ1n) is 6.14. The van der Waals surface area contributed by atoms with Crippen LogP contribution in [0.3, 0.4) is 0 Å². The van der Waals surface area contributed by atoms with E-state index in [1.54, 1.807) is 0 Å². The maximum atomic E-state index is 5.85. The molecule has 1 atom stereocenters. The average Bonchev–Trinajstić information content (AvgIpc) is 2.32. The summed E-state index contributed by atoms with van der Waals surface area (Å²) in [4.78, 5) is 4.69. The van der Waals surface area contributed by atoms with Gasteiger partial charge in [0.1, 0.15) is 0 Å². The molecule has 0 saturated carbocycles. The molecule has 1 aliphatic heterocycles. The van der Waals surface area contributed by atoms with Crippen LogP contribution in [0.4, 0.5) is 17.1 Å². The number of piperidine rings is 1. The highest BCUT2D eigenvalue weighted by Crippen LogP contribution is 2.25. The molecule has 0 radical (unpaired) electrons. The predicted octanol–water partition coefficient (Wildman–Crippen LogP) is 1.38. The molecule has 1 heterocycles. The number of nitrogen functional groups attached to an aromatic ring is 2. The molecule has 1 aliphatic rings. The molecular weight excluding hydrogens is 212 g/mol. The van der Waals surface area contributed by atoms with Crippen LogP contribution < -0.4 is 16.4 Å². The Hall–Kier alpha value is -1.42. The molecule has 4 N–H and O–H groups in total. The molecule has 0 aromatic heterocycles. The van der Waals surface area contributed by atoms with Gasteiger partial charge in [0.2, 0.25) is 0 Å². The number of hydrogen-bond acceptors (Lipinski definition) is 4. The van der Waals surface area contributed by atoms with E-state index in [1.165, 1.54) is 19.4 Å². The first-order chi connectivity index (χ1) is 8.08. The van der Waals surface area contributed by atoms with Gasteiger partial charge in [-0.2, -0.15) is 0 Å². The third-order valence-electron chi connectivity index (χ3n) is 3.62. The van der Waals surface area contributed by atoms with Crippen LogP contribution in [0.25, 0.3) is 0 Å². The molecule has 4 nitrogen and oxygen atoms in total. The van der Waals surface area contributed by atoms with Crippen molar-refractivity contribution in [1.29, 1.82) is 0 Å². The van der Waals surface area contributed by atoms with Gasteiger partial charge in [0.15, 0.2) is 0 Å². The van der Waals surface area contributed by atoms with E-state index in [1.807, 2.05) is 18.2 Å². The number of nitrogens with two attached hydrogens (primary N) is 2. The van der Waals surface area contributed by atoms with Gasteiger partial charge in [0, 0.05) is 25.3 Å². The standard InChI is InChI=1S/C13H22N4/c1-16-7-3-4-11(9-16)17(2)10-5-6-12(14)13(15)8-10/h5-6,8,11H,3-4,7,9,14-15H2,1-2H3. The molecule has 1 unspecified atom stereocenters. The smallest absolute Gasteiger partial charge is 0.0568 e. The van der Waals surface area contributed by atoms with Crippen molar-refractivity contribution in [2.75, 3.05) is 43.6 Å². The maximum Gasteiger partial charge on any atom is 0.0568 e. The second-order valence-electron chi connectivity index (χ2n) is 4.98. The lowest BCUT2D eigenvalue weighted by Crippen LogP contribution is -2.45. The Morgan fingerprint density at radius 3 is 2.71 bits per heavy atom. The number of likely N-dealkylation sites (N-methyl/N-ethyl adjacent to an activating group) is 2. The maximum absolute atomic E-state index is 5.85. The SMILES string of the molecule is CN1CCCC(N(C)c2ccc(N)c(N)c2)C1. The number of nitrogens with zero attached hydrogens (tertiary/aromatic N) is 2. The number of anilines is 3. The zero-order valence-electron chi connectivity index (χ0n) is 10.7. The van der Waals surface area contributed by atoms with Gasteiger partial charge in [-0.1, -0.05) is 0 Å². The van der Waals surface area contributed by atoms with Gasteiger partial charge in [-0.25, -0.2) is 0 Å². The Bertz CT molecular complexity index is 391. The highest BCUT2D eigenvalue weighted by Gasteiger charge is 2.21. The van der Waals surface area contributed by atoms with E-state index < -0.39 is 0 Å². The van der Waals surface area contributed by atoms with Crippen molar-refractivity contribution in [3.05, 3.63) is 18.2 Å². The summed E-state index contributed by atoms with van der Waals surface area (Å²) in [5.74, 6) is 0. The summed E-state index contributed by atoms with van der Waals surface area (Å²) in [5, 5.41) is 0. The predicted molar refractivity (Wildman–Crippen MR) is 74.2 cm³/mol. The molecule has 0 aliphatic carbocycles. The lowest BCUT2D eigenvalue weighted by atomic mass is 10.0. The summed E-state index contributed by atoms with van der Waals surface area (Å²) in [6.45, 7) is 2.31. The van der Waals surface area contributed by atoms with E-state index in [0.29, 0.717) is 17.4 Å². The third-order valence-corrected chi connectivity index (χ3v) is 3.62. The van der Waals surface area contributed by atoms with Gasteiger partial charge in [-0.3, -0.25) is 0 Å². The lowest BCUT2D eigenvalue weighted by Gasteiger charge is -2.37. The Kier molecular flexibility index (Phi) is 3.43. The minimum absolute atomic E-state index is 0.566. The zero-order valence-corrected chi connectivity index (χ0v) is 10.7. The Morgan fingerprint density at radius 2 is 2.06 bits per heavy atom. The quantitative estimate of drug-likeness (QED) is 0.759. The molecule has 0 amide bonds. The average molecular weight is 234 g/mol. The van der Waals surface area contributed by atoms with Crippen LogP contribution in [-0.2, 0) is 0 Å². The van der Waals surface area contributed by atoms with E-state index in [-0.39, 0.29) is 0 Å². The van der Waals surface area contributed by atoms with Gasteiger partial charge < -0.3 is 21.3 Å². The van der Waals surface area contributed by atoms with Crippen molar-refractivity contribution in [3.63, 3.8) is 0 Å². The summed E-state index contributed by atoms with van der Waals surface area (Å²) in [5.41, 5.74) is 14.1. The van der Waals surface area contributed by atoms with Crippen molar-refractivity contribution in [2.45, 2.75) is 18.9 Å². The molecule has 17 heavy (non-hydrogen) atoms. The second kappa shape index (κ2) is 4.84. The summed E-state index contributed by atoms with van der Waals surface area (Å²) < 4.78 is 0. The van der Waals surface area contributed by atoms with Crippen molar-refractivity contribution < 1.29 is 0 Å². The normalized spacial score (nSPS) is 21.4. The number of hydrogen-bond donors (Lipinski definition) is 2. The summed E-state index contributed by atoms with van der Waals surface area (Å²) in [7, 11) is 4.31. The minimum Gasteiger partial charge on any atom is -0.397 e.